The minimum atomic E-state index is -0.953. The van der Waals surface area contributed by atoms with Crippen molar-refractivity contribution in [2.45, 2.75) is 25.4 Å². The van der Waals surface area contributed by atoms with Gasteiger partial charge in [0.1, 0.15) is 13.2 Å². The van der Waals surface area contributed by atoms with Crippen LogP contribution in [-0.4, -0.2) is 42.5 Å². The number of esters is 1. The zero-order chi connectivity index (χ0) is 12.0. The third kappa shape index (κ3) is 4.63. The van der Waals surface area contributed by atoms with E-state index in [0.717, 1.165) is 0 Å². The van der Waals surface area contributed by atoms with Crippen LogP contribution in [0.1, 0.15) is 19.3 Å². The standard InChI is InChI=1S/C9H12O7/c10-7(11)2-1-3-8(12)14-4-6-5-15-9(13)16-6/h6H,1-5H2,(H,10,11). The van der Waals surface area contributed by atoms with Crippen LogP contribution in [-0.2, 0) is 23.8 Å². The highest BCUT2D eigenvalue weighted by atomic mass is 16.8. The smallest absolute Gasteiger partial charge is 0.481 e. The highest BCUT2D eigenvalue weighted by Crippen LogP contribution is 2.07. The van der Waals surface area contributed by atoms with Crippen molar-refractivity contribution in [1.29, 1.82) is 0 Å². The van der Waals surface area contributed by atoms with Crippen molar-refractivity contribution in [3.8, 4) is 0 Å². The Morgan fingerprint density at radius 3 is 2.75 bits per heavy atom. The first-order valence-corrected chi connectivity index (χ1v) is 4.79. The summed E-state index contributed by atoms with van der Waals surface area (Å²) in [5, 5.41) is 8.33. The van der Waals surface area contributed by atoms with Crippen molar-refractivity contribution >= 4 is 18.1 Å². The molecule has 1 rings (SSSR count). The molecule has 0 radical (unpaired) electrons. The van der Waals surface area contributed by atoms with Crippen LogP contribution < -0.4 is 0 Å². The maximum absolute atomic E-state index is 11.1. The van der Waals surface area contributed by atoms with E-state index >= 15 is 0 Å². The van der Waals surface area contributed by atoms with Crippen LogP contribution in [0.4, 0.5) is 4.79 Å². The number of carboxylic acid groups (broad SMARTS) is 1. The van der Waals surface area contributed by atoms with Gasteiger partial charge in [0.05, 0.1) is 0 Å². The van der Waals surface area contributed by atoms with Gasteiger partial charge in [0.15, 0.2) is 6.10 Å². The number of aliphatic carboxylic acids is 1. The number of rotatable bonds is 6. The summed E-state index contributed by atoms with van der Waals surface area (Å²) in [5.74, 6) is -1.46. The van der Waals surface area contributed by atoms with E-state index in [9.17, 15) is 14.4 Å². The van der Waals surface area contributed by atoms with Crippen LogP contribution in [0.2, 0.25) is 0 Å². The third-order valence-corrected chi connectivity index (χ3v) is 1.85. The van der Waals surface area contributed by atoms with Crippen molar-refractivity contribution in [3.63, 3.8) is 0 Å². The summed E-state index contributed by atoms with van der Waals surface area (Å²) >= 11 is 0. The van der Waals surface area contributed by atoms with Crippen LogP contribution in [0, 0.1) is 0 Å². The lowest BCUT2D eigenvalue weighted by Crippen LogP contribution is -2.20. The molecule has 90 valence electrons. The largest absolute Gasteiger partial charge is 0.508 e. The fourth-order valence-corrected chi connectivity index (χ4v) is 1.09. The van der Waals surface area contributed by atoms with Crippen molar-refractivity contribution in [1.82, 2.24) is 0 Å². The lowest BCUT2D eigenvalue weighted by atomic mass is 10.2. The second-order valence-electron chi connectivity index (χ2n) is 3.23. The Morgan fingerprint density at radius 2 is 2.19 bits per heavy atom. The summed E-state index contributed by atoms with van der Waals surface area (Å²) in [4.78, 5) is 31.7. The summed E-state index contributed by atoms with van der Waals surface area (Å²) in [5.41, 5.74) is 0. The quantitative estimate of drug-likeness (QED) is 0.658. The molecule has 0 aliphatic carbocycles. The van der Waals surface area contributed by atoms with E-state index in [-0.39, 0.29) is 32.5 Å². The first-order chi connectivity index (χ1) is 7.58. The van der Waals surface area contributed by atoms with Crippen molar-refractivity contribution in [3.05, 3.63) is 0 Å². The lowest BCUT2D eigenvalue weighted by Gasteiger charge is -2.07. The van der Waals surface area contributed by atoms with Gasteiger partial charge in [-0.05, 0) is 6.42 Å². The van der Waals surface area contributed by atoms with E-state index in [1.54, 1.807) is 0 Å². The number of hydrogen-bond donors (Lipinski definition) is 1. The van der Waals surface area contributed by atoms with Crippen LogP contribution in [0.15, 0.2) is 0 Å². The fraction of sp³-hybridized carbons (Fsp3) is 0.667. The molecule has 0 bridgehead atoms. The van der Waals surface area contributed by atoms with E-state index in [1.165, 1.54) is 0 Å². The SMILES string of the molecule is O=C(O)CCCC(=O)OCC1COC(=O)O1. The molecule has 0 amide bonds. The Bertz CT molecular complexity index is 286. The molecule has 7 heteroatoms. The molecule has 0 spiro atoms. The second-order valence-corrected chi connectivity index (χ2v) is 3.23. The Labute approximate surface area is 91.3 Å². The second kappa shape index (κ2) is 5.94. The minimum absolute atomic E-state index is 0.0355. The molecule has 16 heavy (non-hydrogen) atoms. The van der Waals surface area contributed by atoms with E-state index in [1.807, 2.05) is 0 Å². The summed E-state index contributed by atoms with van der Waals surface area (Å²) in [7, 11) is 0. The zero-order valence-corrected chi connectivity index (χ0v) is 8.51. The first-order valence-electron chi connectivity index (χ1n) is 4.79. The van der Waals surface area contributed by atoms with Crippen molar-refractivity contribution in [2.24, 2.45) is 0 Å². The number of carboxylic acids is 1. The maximum Gasteiger partial charge on any atom is 0.508 e. The highest BCUT2D eigenvalue weighted by molar-refractivity contribution is 5.71. The molecule has 1 unspecified atom stereocenters. The fourth-order valence-electron chi connectivity index (χ4n) is 1.09. The molecular weight excluding hydrogens is 220 g/mol. The van der Waals surface area contributed by atoms with E-state index in [4.69, 9.17) is 9.84 Å². The van der Waals surface area contributed by atoms with Gasteiger partial charge in [0, 0.05) is 12.8 Å². The molecule has 1 saturated heterocycles. The van der Waals surface area contributed by atoms with Gasteiger partial charge in [-0.1, -0.05) is 0 Å². The average Bonchev–Trinajstić information content (AvgIpc) is 2.61. The number of ether oxygens (including phenoxy) is 3. The molecule has 0 saturated carbocycles. The Kier molecular flexibility index (Phi) is 4.56. The highest BCUT2D eigenvalue weighted by Gasteiger charge is 2.26. The van der Waals surface area contributed by atoms with Crippen molar-refractivity contribution in [2.75, 3.05) is 13.2 Å². The zero-order valence-electron chi connectivity index (χ0n) is 8.51. The molecule has 1 atom stereocenters. The van der Waals surface area contributed by atoms with Crippen LogP contribution in [0.25, 0.3) is 0 Å². The van der Waals surface area contributed by atoms with Crippen LogP contribution >= 0.6 is 0 Å². The maximum atomic E-state index is 11.1. The van der Waals surface area contributed by atoms with E-state index in [0.29, 0.717) is 0 Å². The summed E-state index contributed by atoms with van der Waals surface area (Å²) in [6.45, 7) is 0.0128. The lowest BCUT2D eigenvalue weighted by molar-refractivity contribution is -0.146. The first kappa shape index (κ1) is 12.3. The Balaban J connectivity index is 2.06. The summed E-state index contributed by atoms with van der Waals surface area (Å²) in [6.07, 6.45) is -1.14. The molecule has 1 aliphatic heterocycles. The third-order valence-electron chi connectivity index (χ3n) is 1.85. The number of hydrogen-bond acceptors (Lipinski definition) is 6. The van der Waals surface area contributed by atoms with Gasteiger partial charge >= 0.3 is 18.1 Å². The van der Waals surface area contributed by atoms with Crippen LogP contribution in [0.5, 0.6) is 0 Å². The monoisotopic (exact) mass is 232 g/mol. The molecule has 1 aliphatic rings. The molecule has 0 aromatic rings. The van der Waals surface area contributed by atoms with Gasteiger partial charge in [0.25, 0.3) is 0 Å². The predicted octanol–water partition coefficient (Wildman–Crippen LogP) is 0.320. The topological polar surface area (TPSA) is 99.1 Å². The van der Waals surface area contributed by atoms with Gasteiger partial charge < -0.3 is 19.3 Å². The number of cyclic esters (lactones) is 2. The summed E-state index contributed by atoms with van der Waals surface area (Å²) in [6, 6.07) is 0. The molecule has 1 fully saturated rings. The molecule has 1 heterocycles. The average molecular weight is 232 g/mol. The van der Waals surface area contributed by atoms with Gasteiger partial charge in [-0.15, -0.1) is 0 Å². The Morgan fingerprint density at radius 1 is 1.44 bits per heavy atom. The van der Waals surface area contributed by atoms with E-state index < -0.39 is 24.2 Å². The molecule has 7 nitrogen and oxygen atoms in total. The van der Waals surface area contributed by atoms with Gasteiger partial charge in [-0.3, -0.25) is 9.59 Å². The number of carbonyl (C=O) groups excluding carboxylic acids is 2. The predicted molar refractivity (Wildman–Crippen MR) is 48.7 cm³/mol. The molecular formula is C9H12O7. The van der Waals surface area contributed by atoms with E-state index in [2.05, 4.69) is 9.47 Å². The minimum Gasteiger partial charge on any atom is -0.481 e. The molecule has 0 aromatic carbocycles. The summed E-state index contributed by atoms with van der Waals surface area (Å²) < 4.78 is 13.9. The van der Waals surface area contributed by atoms with Gasteiger partial charge in [0.2, 0.25) is 0 Å². The Hall–Kier alpha value is -1.79. The van der Waals surface area contributed by atoms with Crippen LogP contribution in [0.3, 0.4) is 0 Å². The van der Waals surface area contributed by atoms with Gasteiger partial charge in [-0.2, -0.15) is 0 Å². The number of carbonyl (C=O) groups is 3. The molecule has 1 N–H and O–H groups in total. The normalized spacial score (nSPS) is 18.8. The van der Waals surface area contributed by atoms with Crippen molar-refractivity contribution < 1.29 is 33.7 Å². The van der Waals surface area contributed by atoms with Gasteiger partial charge in [-0.25, -0.2) is 4.79 Å². The molecule has 0 aromatic heterocycles.